The van der Waals surface area contributed by atoms with E-state index in [0.717, 1.165) is 40.7 Å². The van der Waals surface area contributed by atoms with Crippen LogP contribution in [0.15, 0.2) is 48.9 Å². The molecular weight excluding hydrogens is 430 g/mol. The molecule has 6 rings (SSSR count). The third kappa shape index (κ3) is 3.28. The lowest BCUT2D eigenvalue weighted by Gasteiger charge is -2.26. The Morgan fingerprint density at radius 2 is 2.00 bits per heavy atom. The first kappa shape index (κ1) is 20.3. The molecule has 1 saturated heterocycles. The molecule has 0 spiro atoms. The van der Waals surface area contributed by atoms with Gasteiger partial charge in [-0.25, -0.2) is 9.97 Å². The summed E-state index contributed by atoms with van der Waals surface area (Å²) in [7, 11) is 1.95. The quantitative estimate of drug-likeness (QED) is 0.490. The number of piperidine rings is 1. The summed E-state index contributed by atoms with van der Waals surface area (Å²) in [5.41, 5.74) is 4.55. The van der Waals surface area contributed by atoms with Gasteiger partial charge in [0.05, 0.1) is 23.1 Å². The van der Waals surface area contributed by atoms with E-state index in [-0.39, 0.29) is 11.8 Å². The number of fused-ring (bicyclic) bond motifs is 2. The third-order valence-electron chi connectivity index (χ3n) is 6.45. The predicted octanol–water partition coefficient (Wildman–Crippen LogP) is 3.53. The lowest BCUT2D eigenvalue weighted by molar-refractivity contribution is -0.119. The van der Waals surface area contributed by atoms with Crippen LogP contribution in [0, 0.1) is 0 Å². The molecule has 4 aromatic heterocycles. The lowest BCUT2D eigenvalue weighted by atomic mass is 10.0. The number of pyridine rings is 3. The van der Waals surface area contributed by atoms with Gasteiger partial charge in [0.2, 0.25) is 5.91 Å². The fraction of sp³-hybridized carbons (Fsp3) is 0.240. The number of nitrogens with zero attached hydrogens (tertiary/aromatic N) is 5. The molecule has 0 aliphatic carbocycles. The molecule has 9 nitrogen and oxygen atoms in total. The van der Waals surface area contributed by atoms with Gasteiger partial charge in [0.25, 0.3) is 5.91 Å². The SMILES string of the molecule is Cn1ccc2c(-c3ncc(Nc4cccc(N5CCCCC5=O)n4)c4c3CNC4=O)ccnc21. The highest BCUT2D eigenvalue weighted by Crippen LogP contribution is 2.36. The highest BCUT2D eigenvalue weighted by Gasteiger charge is 2.28. The molecule has 0 aromatic carbocycles. The Kier molecular flexibility index (Phi) is 4.75. The van der Waals surface area contributed by atoms with Gasteiger partial charge in [0.1, 0.15) is 17.3 Å². The minimum absolute atomic E-state index is 0.0896. The summed E-state index contributed by atoms with van der Waals surface area (Å²) < 4.78 is 1.96. The number of anilines is 3. The monoisotopic (exact) mass is 453 g/mol. The Labute approximate surface area is 195 Å². The normalized spacial score (nSPS) is 15.5. The van der Waals surface area contributed by atoms with Crippen molar-refractivity contribution < 1.29 is 9.59 Å². The topological polar surface area (TPSA) is 105 Å². The molecule has 2 aliphatic heterocycles. The van der Waals surface area contributed by atoms with Crippen molar-refractivity contribution >= 4 is 40.2 Å². The van der Waals surface area contributed by atoms with Crippen LogP contribution in [0.5, 0.6) is 0 Å². The molecule has 34 heavy (non-hydrogen) atoms. The average Bonchev–Trinajstić information content (AvgIpc) is 3.43. The number of nitrogens with one attached hydrogen (secondary N) is 2. The van der Waals surface area contributed by atoms with Crippen LogP contribution in [0.2, 0.25) is 0 Å². The number of hydrogen-bond donors (Lipinski definition) is 2. The van der Waals surface area contributed by atoms with Gasteiger partial charge in [-0.3, -0.25) is 19.5 Å². The van der Waals surface area contributed by atoms with Crippen LogP contribution in [0.4, 0.5) is 17.3 Å². The highest BCUT2D eigenvalue weighted by molar-refractivity contribution is 6.06. The molecule has 4 aromatic rings. The molecule has 2 amide bonds. The Balaban J connectivity index is 1.39. The van der Waals surface area contributed by atoms with Crippen LogP contribution in [0.25, 0.3) is 22.3 Å². The molecule has 6 heterocycles. The lowest BCUT2D eigenvalue weighted by Crippen LogP contribution is -2.35. The second-order valence-electron chi connectivity index (χ2n) is 8.59. The van der Waals surface area contributed by atoms with Gasteiger partial charge in [-0.05, 0) is 37.1 Å². The fourth-order valence-electron chi connectivity index (χ4n) is 4.77. The Bertz CT molecular complexity index is 1460. The average molecular weight is 454 g/mol. The number of carbonyl (C=O) groups is 2. The van der Waals surface area contributed by atoms with Crippen molar-refractivity contribution in [1.29, 1.82) is 0 Å². The minimum Gasteiger partial charge on any atom is -0.348 e. The predicted molar refractivity (Wildman–Crippen MR) is 129 cm³/mol. The Hall–Kier alpha value is -4.27. The zero-order chi connectivity index (χ0) is 23.2. The van der Waals surface area contributed by atoms with E-state index >= 15 is 0 Å². The summed E-state index contributed by atoms with van der Waals surface area (Å²) in [6, 6.07) is 9.46. The summed E-state index contributed by atoms with van der Waals surface area (Å²) in [5, 5.41) is 7.18. The van der Waals surface area contributed by atoms with E-state index in [4.69, 9.17) is 4.98 Å². The third-order valence-corrected chi connectivity index (χ3v) is 6.45. The van der Waals surface area contributed by atoms with Crippen molar-refractivity contribution in [3.05, 3.63) is 60.0 Å². The van der Waals surface area contributed by atoms with E-state index in [0.29, 0.717) is 42.4 Å². The smallest absolute Gasteiger partial charge is 0.254 e. The molecule has 0 bridgehead atoms. The van der Waals surface area contributed by atoms with Crippen molar-refractivity contribution in [2.75, 3.05) is 16.8 Å². The molecular formula is C25H23N7O2. The number of carbonyl (C=O) groups excluding carboxylic acids is 2. The van der Waals surface area contributed by atoms with E-state index in [1.807, 2.05) is 48.1 Å². The summed E-state index contributed by atoms with van der Waals surface area (Å²) in [6.07, 6.45) is 7.83. The van der Waals surface area contributed by atoms with Gasteiger partial charge in [-0.1, -0.05) is 6.07 Å². The zero-order valence-electron chi connectivity index (χ0n) is 18.7. The number of hydrogen-bond acceptors (Lipinski definition) is 6. The number of aromatic nitrogens is 4. The largest absolute Gasteiger partial charge is 0.348 e. The second kappa shape index (κ2) is 7.95. The standard InChI is InChI=1S/C25H23N7O2/c1-31-12-9-16-15(8-10-26-24(16)31)23-17-13-28-25(34)22(17)18(14-27-23)29-19-5-4-6-20(30-19)32-11-3-2-7-21(32)33/h4-6,8-10,12,14H,2-3,7,11,13H2,1H3,(H,28,34)(H,29,30). The molecule has 2 aliphatic rings. The Morgan fingerprint density at radius 1 is 1.09 bits per heavy atom. The molecule has 2 N–H and O–H groups in total. The highest BCUT2D eigenvalue weighted by atomic mass is 16.2. The van der Waals surface area contributed by atoms with Gasteiger partial charge in [-0.2, -0.15) is 0 Å². The first-order valence-corrected chi connectivity index (χ1v) is 11.3. The van der Waals surface area contributed by atoms with Crippen LogP contribution in [-0.2, 0) is 18.4 Å². The van der Waals surface area contributed by atoms with E-state index in [1.165, 1.54) is 0 Å². The summed E-state index contributed by atoms with van der Waals surface area (Å²) in [5.74, 6) is 1.11. The molecule has 170 valence electrons. The summed E-state index contributed by atoms with van der Waals surface area (Å²) in [4.78, 5) is 40.7. The van der Waals surface area contributed by atoms with Crippen molar-refractivity contribution in [2.45, 2.75) is 25.8 Å². The van der Waals surface area contributed by atoms with Crippen LogP contribution in [-0.4, -0.2) is 37.9 Å². The molecule has 0 saturated carbocycles. The van der Waals surface area contributed by atoms with Gasteiger partial charge in [0.15, 0.2) is 0 Å². The minimum atomic E-state index is -0.151. The van der Waals surface area contributed by atoms with Gasteiger partial charge in [0, 0.05) is 55.5 Å². The maximum Gasteiger partial charge on any atom is 0.254 e. The maximum atomic E-state index is 12.8. The van der Waals surface area contributed by atoms with E-state index in [9.17, 15) is 9.59 Å². The van der Waals surface area contributed by atoms with Crippen LogP contribution in [0.3, 0.4) is 0 Å². The van der Waals surface area contributed by atoms with Gasteiger partial charge < -0.3 is 15.2 Å². The van der Waals surface area contributed by atoms with Crippen molar-refractivity contribution in [2.24, 2.45) is 7.05 Å². The van der Waals surface area contributed by atoms with E-state index < -0.39 is 0 Å². The van der Waals surface area contributed by atoms with E-state index in [1.54, 1.807) is 17.3 Å². The fourth-order valence-corrected chi connectivity index (χ4v) is 4.77. The van der Waals surface area contributed by atoms with Gasteiger partial charge >= 0.3 is 0 Å². The van der Waals surface area contributed by atoms with Gasteiger partial charge in [-0.15, -0.1) is 0 Å². The molecule has 1 fully saturated rings. The summed E-state index contributed by atoms with van der Waals surface area (Å²) >= 11 is 0. The maximum absolute atomic E-state index is 12.8. The van der Waals surface area contributed by atoms with Crippen LogP contribution in [0.1, 0.15) is 35.2 Å². The summed E-state index contributed by atoms with van der Waals surface area (Å²) in [6.45, 7) is 1.07. The Morgan fingerprint density at radius 3 is 2.88 bits per heavy atom. The number of amides is 2. The number of rotatable bonds is 4. The molecule has 0 unspecified atom stereocenters. The van der Waals surface area contributed by atoms with Crippen LogP contribution < -0.4 is 15.5 Å². The van der Waals surface area contributed by atoms with Crippen LogP contribution >= 0.6 is 0 Å². The van der Waals surface area contributed by atoms with E-state index in [2.05, 4.69) is 20.6 Å². The van der Waals surface area contributed by atoms with Crippen molar-refractivity contribution in [3.8, 4) is 11.3 Å². The zero-order valence-corrected chi connectivity index (χ0v) is 18.7. The van der Waals surface area contributed by atoms with Crippen molar-refractivity contribution in [3.63, 3.8) is 0 Å². The first-order chi connectivity index (χ1) is 16.6. The second-order valence-corrected chi connectivity index (χ2v) is 8.59. The molecule has 0 atom stereocenters. The first-order valence-electron chi connectivity index (χ1n) is 11.3. The molecule has 0 radical (unpaired) electrons. The number of aryl methyl sites for hydroxylation is 1. The van der Waals surface area contributed by atoms with Crippen molar-refractivity contribution in [1.82, 2.24) is 24.8 Å². The molecule has 9 heteroatoms.